The summed E-state index contributed by atoms with van der Waals surface area (Å²) in [6.45, 7) is 0. The summed E-state index contributed by atoms with van der Waals surface area (Å²) < 4.78 is 35.7. The largest absolute Gasteiger partial charge is 0.447 e. The van der Waals surface area contributed by atoms with Crippen molar-refractivity contribution in [2.45, 2.75) is 0 Å². The van der Waals surface area contributed by atoms with E-state index < -0.39 is 60.0 Å². The predicted molar refractivity (Wildman–Crippen MR) is 254 cm³/mol. The molecule has 0 radical (unpaired) electrons. The monoisotopic (exact) mass is 978 g/mol. The smallest absolute Gasteiger partial charge is 0.440 e. The van der Waals surface area contributed by atoms with E-state index in [-0.39, 0.29) is 28.6 Å². The van der Waals surface area contributed by atoms with Crippen LogP contribution in [0.15, 0.2) is 205 Å². The van der Waals surface area contributed by atoms with Crippen LogP contribution in [-0.4, -0.2) is 44.7 Å². The molecule has 18 nitrogen and oxygen atoms in total. The normalized spacial score (nSPS) is 18.8. The molecule has 4 aliphatic rings. The molecular formula is C48H33N6O12P3. The van der Waals surface area contributed by atoms with Crippen molar-refractivity contribution in [3.05, 3.63) is 200 Å². The number of carbonyl (C=O) groups is 6. The minimum atomic E-state index is -4.31. The summed E-state index contributed by atoms with van der Waals surface area (Å²) in [4.78, 5) is 92.3. The number of rotatable bonds is 15. The second-order valence-electron chi connectivity index (χ2n) is 14.6. The van der Waals surface area contributed by atoms with Crippen LogP contribution in [0.4, 0.5) is 17.1 Å². The lowest BCUT2D eigenvalue weighted by molar-refractivity contribution is -0.121. The van der Waals surface area contributed by atoms with E-state index in [9.17, 15) is 28.8 Å². The Morgan fingerprint density at radius 3 is 1.09 bits per heavy atom. The van der Waals surface area contributed by atoms with Crippen LogP contribution in [-0.2, 0) is 28.8 Å². The summed E-state index contributed by atoms with van der Waals surface area (Å²) in [7, 11) is -9.31. The van der Waals surface area contributed by atoms with Crippen LogP contribution in [0.5, 0.6) is 34.5 Å². The molecule has 6 aromatic carbocycles. The van der Waals surface area contributed by atoms with Crippen molar-refractivity contribution in [1.82, 2.24) is 9.21 Å². The van der Waals surface area contributed by atoms with Gasteiger partial charge >= 0.3 is 24.6 Å². The first-order chi connectivity index (χ1) is 33.6. The summed E-state index contributed by atoms with van der Waals surface area (Å²) in [6.07, 6.45) is 7.07. The highest BCUT2D eigenvalue weighted by molar-refractivity contribution is 7.78. The summed E-state index contributed by atoms with van der Waals surface area (Å²) in [6, 6.07) is 44.8. The molecule has 21 heteroatoms. The maximum absolute atomic E-state index is 12.7. The second kappa shape index (κ2) is 19.2. The number of para-hydroxylation sites is 3. The molecule has 6 amide bonds. The number of carbonyl (C=O) groups excluding carboxylic acids is 6. The summed E-state index contributed by atoms with van der Waals surface area (Å²) in [5.41, 5.74) is 0.833. The fourth-order valence-corrected chi connectivity index (χ4v) is 14.3. The van der Waals surface area contributed by atoms with Gasteiger partial charge in [0.25, 0.3) is 35.4 Å². The van der Waals surface area contributed by atoms with Crippen molar-refractivity contribution >= 4 is 77.1 Å². The van der Waals surface area contributed by atoms with E-state index in [0.29, 0.717) is 22.9 Å². The van der Waals surface area contributed by atoms with E-state index in [1.165, 1.54) is 94.2 Å². The average Bonchev–Trinajstić information content (AvgIpc) is 4.02. The molecule has 342 valence electrons. The standard InChI is InChI=1S/C48H33N6O12P3/c55-43-28-29-44(56)50(43)34-16-22-40(23-17-34)63-67-49-69(65-41-24-18-35(19-25-41)51-45(57)30-31-46(51)58,66-42-26-20-36(21-27-42)52-47(59)32-33-48(52)60)54(62-38-12-6-2-7-13-38)68(64-39-14-8-3-9-15-39)53(67)61-37-10-4-1-5-11-37/h1-33H. The van der Waals surface area contributed by atoms with Gasteiger partial charge in [-0.25, -0.2) is 14.7 Å². The predicted octanol–water partition coefficient (Wildman–Crippen LogP) is 9.60. The Morgan fingerprint density at radius 2 is 0.696 bits per heavy atom. The molecule has 0 aliphatic carbocycles. The van der Waals surface area contributed by atoms with Crippen LogP contribution in [0.25, 0.3) is 0 Å². The minimum Gasteiger partial charge on any atom is -0.440 e. The highest BCUT2D eigenvalue weighted by Crippen LogP contribution is 2.77. The minimum absolute atomic E-state index is 0.139. The third kappa shape index (κ3) is 9.39. The maximum Gasteiger partial charge on any atom is 0.447 e. The number of anilines is 3. The molecule has 0 aromatic heterocycles. The van der Waals surface area contributed by atoms with Gasteiger partial charge < -0.3 is 27.8 Å². The van der Waals surface area contributed by atoms with Crippen LogP contribution in [0, 0.1) is 0 Å². The molecule has 0 saturated heterocycles. The van der Waals surface area contributed by atoms with Crippen molar-refractivity contribution in [2.75, 3.05) is 14.7 Å². The first-order valence-corrected chi connectivity index (χ1v) is 24.5. The van der Waals surface area contributed by atoms with Crippen LogP contribution < -0.4 is 42.5 Å². The van der Waals surface area contributed by atoms with Crippen molar-refractivity contribution < 1.29 is 56.5 Å². The zero-order chi connectivity index (χ0) is 47.5. The zero-order valence-corrected chi connectivity index (χ0v) is 38.2. The molecule has 0 fully saturated rings. The Labute approximate surface area is 395 Å². The Balaban J connectivity index is 1.15. The van der Waals surface area contributed by atoms with Gasteiger partial charge in [-0.05, 0) is 109 Å². The molecule has 10 rings (SSSR count). The lowest BCUT2D eigenvalue weighted by Crippen LogP contribution is -2.37. The van der Waals surface area contributed by atoms with Crippen LogP contribution in [0.2, 0.25) is 0 Å². The Kier molecular flexibility index (Phi) is 12.4. The molecular weight excluding hydrogens is 945 g/mol. The van der Waals surface area contributed by atoms with Crippen molar-refractivity contribution in [1.29, 1.82) is 0 Å². The van der Waals surface area contributed by atoms with Gasteiger partial charge in [-0.2, -0.15) is 0 Å². The number of hydrogen-bond donors (Lipinski definition) is 0. The van der Waals surface area contributed by atoms with Gasteiger partial charge in [0.2, 0.25) is 0 Å². The quantitative estimate of drug-likeness (QED) is 0.0699. The molecule has 0 bridgehead atoms. The van der Waals surface area contributed by atoms with Crippen LogP contribution in [0.3, 0.4) is 0 Å². The highest BCUT2D eigenvalue weighted by Gasteiger charge is 2.58. The topological polar surface area (TPSA) is 186 Å². The van der Waals surface area contributed by atoms with E-state index >= 15 is 0 Å². The lowest BCUT2D eigenvalue weighted by atomic mass is 10.3. The first kappa shape index (κ1) is 44.6. The third-order valence-corrected chi connectivity index (χ3v) is 16.8. The van der Waals surface area contributed by atoms with Gasteiger partial charge in [0.15, 0.2) is 0 Å². The molecule has 4 aliphatic heterocycles. The van der Waals surface area contributed by atoms with E-state index in [1.54, 1.807) is 103 Å². The molecule has 0 spiro atoms. The van der Waals surface area contributed by atoms with Gasteiger partial charge in [-0.1, -0.05) is 54.6 Å². The highest BCUT2D eigenvalue weighted by atomic mass is 31.3. The third-order valence-electron chi connectivity index (χ3n) is 9.98. The maximum atomic E-state index is 12.7. The van der Waals surface area contributed by atoms with Crippen molar-refractivity contribution in [3.63, 3.8) is 0 Å². The van der Waals surface area contributed by atoms with Crippen LogP contribution in [0.1, 0.15) is 0 Å². The van der Waals surface area contributed by atoms with Crippen molar-refractivity contribution in [2.24, 2.45) is 4.52 Å². The second-order valence-corrected chi connectivity index (χ2v) is 20.1. The van der Waals surface area contributed by atoms with Crippen molar-refractivity contribution in [3.8, 4) is 34.5 Å². The fourth-order valence-electron chi connectivity index (χ4n) is 6.83. The van der Waals surface area contributed by atoms with E-state index in [1.807, 2.05) is 12.1 Å². The number of nitrogens with zero attached hydrogens (tertiary/aromatic N) is 6. The van der Waals surface area contributed by atoms with Gasteiger partial charge in [0, 0.05) is 45.7 Å². The number of amides is 6. The lowest BCUT2D eigenvalue weighted by Gasteiger charge is -2.43. The SMILES string of the molecule is O=C1C=CC(=O)N1c1ccc(OP2N=P(Oc3ccc(N4C(=O)C=CC4=O)cc3)(Oc3ccc(N4C(=O)C=CC4=O)cc3)N(Oc3ccccc3)P(Oc3ccccc3)N2Oc2ccccc2)cc1. The molecule has 2 unspecified atom stereocenters. The fraction of sp³-hybridized carbons (Fsp3) is 0. The van der Waals surface area contributed by atoms with E-state index in [0.717, 1.165) is 14.7 Å². The van der Waals surface area contributed by atoms with Gasteiger partial charge in [0.1, 0.15) is 34.5 Å². The molecule has 2 atom stereocenters. The summed E-state index contributed by atoms with van der Waals surface area (Å²) in [5, 5.41) is 0. The van der Waals surface area contributed by atoms with Gasteiger partial charge in [-0.15, -0.1) is 4.52 Å². The number of imide groups is 3. The zero-order valence-electron chi connectivity index (χ0n) is 35.5. The summed E-state index contributed by atoms with van der Waals surface area (Å²) >= 11 is 0. The van der Waals surface area contributed by atoms with Crippen LogP contribution >= 0.6 is 24.6 Å². The Bertz CT molecular complexity index is 2980. The molecule has 4 heterocycles. The molecule has 0 N–H and O–H groups in total. The first-order valence-electron chi connectivity index (χ1n) is 20.7. The van der Waals surface area contributed by atoms with E-state index in [4.69, 9.17) is 32.3 Å². The molecule has 69 heavy (non-hydrogen) atoms. The van der Waals surface area contributed by atoms with Gasteiger partial charge in [-0.3, -0.25) is 28.8 Å². The molecule has 6 aromatic rings. The summed E-state index contributed by atoms with van der Waals surface area (Å²) in [5.74, 6) is -1.53. The number of benzene rings is 6. The molecule has 0 saturated carbocycles. The van der Waals surface area contributed by atoms with E-state index in [2.05, 4.69) is 0 Å². The number of hydrogen-bond acceptors (Lipinski definition) is 15. The van der Waals surface area contributed by atoms with Gasteiger partial charge in [0.05, 0.1) is 17.1 Å². The average molecular weight is 979 g/mol. The Hall–Kier alpha value is -8.23. The Morgan fingerprint density at radius 1 is 0.362 bits per heavy atom.